The van der Waals surface area contributed by atoms with Gasteiger partial charge in [0.05, 0.1) is 5.56 Å². The second-order valence-electron chi connectivity index (χ2n) is 5.75. The average Bonchev–Trinajstić information content (AvgIpc) is 2.57. The van der Waals surface area contributed by atoms with Crippen molar-refractivity contribution in [1.82, 2.24) is 9.80 Å². The van der Waals surface area contributed by atoms with Crippen molar-refractivity contribution in [3.8, 4) is 0 Å². The van der Waals surface area contributed by atoms with Gasteiger partial charge in [0, 0.05) is 31.7 Å². The number of rotatable bonds is 5. The maximum atomic E-state index is 12.9. The summed E-state index contributed by atoms with van der Waals surface area (Å²) in [4.78, 5) is 15.8. The van der Waals surface area contributed by atoms with Crippen LogP contribution < -0.4 is 0 Å². The van der Waals surface area contributed by atoms with Crippen LogP contribution >= 0.6 is 0 Å². The third-order valence-corrected chi connectivity index (χ3v) is 4.03. The Labute approximate surface area is 140 Å². The van der Waals surface area contributed by atoms with E-state index in [2.05, 4.69) is 11.8 Å². The first-order valence-electron chi connectivity index (χ1n) is 8.00. The molecule has 0 bridgehead atoms. The van der Waals surface area contributed by atoms with Gasteiger partial charge in [0.25, 0.3) is 0 Å². The van der Waals surface area contributed by atoms with E-state index >= 15 is 0 Å². The summed E-state index contributed by atoms with van der Waals surface area (Å²) >= 11 is 0. The highest BCUT2D eigenvalue weighted by atomic mass is 19.4. The zero-order valence-electron chi connectivity index (χ0n) is 13.5. The summed E-state index contributed by atoms with van der Waals surface area (Å²) in [6.07, 6.45) is -3.13. The van der Waals surface area contributed by atoms with Crippen molar-refractivity contribution in [2.45, 2.75) is 25.6 Å². The lowest BCUT2D eigenvalue weighted by molar-refractivity contribution is -0.138. The number of benzene rings is 1. The molecule has 2 rings (SSSR count). The smallest absolute Gasteiger partial charge is 0.416 e. The predicted octanol–water partition coefficient (Wildman–Crippen LogP) is 3.57. The number of piperazine rings is 1. The highest BCUT2D eigenvalue weighted by molar-refractivity contribution is 5.67. The number of hydrogen-bond acceptors (Lipinski definition) is 3. The fourth-order valence-corrected chi connectivity index (χ4v) is 2.64. The van der Waals surface area contributed by atoms with Crippen LogP contribution in [-0.4, -0.2) is 48.6 Å². The quantitative estimate of drug-likeness (QED) is 0.819. The number of carbonyl (C=O) groups is 1. The summed E-state index contributed by atoms with van der Waals surface area (Å²) in [7, 11) is 0. The lowest BCUT2D eigenvalue weighted by Crippen LogP contribution is -2.48. The first-order valence-corrected chi connectivity index (χ1v) is 8.00. The Morgan fingerprint density at radius 3 is 2.46 bits per heavy atom. The molecular weight excluding hydrogens is 321 g/mol. The van der Waals surface area contributed by atoms with E-state index < -0.39 is 17.8 Å². The van der Waals surface area contributed by atoms with Crippen LogP contribution in [0.5, 0.6) is 0 Å². The minimum atomic E-state index is -4.46. The van der Waals surface area contributed by atoms with Crippen LogP contribution in [0.2, 0.25) is 0 Å². The Kier molecular flexibility index (Phi) is 6.48. The number of ether oxygens (including phenoxy) is 1. The largest absolute Gasteiger partial charge is 0.445 e. The van der Waals surface area contributed by atoms with Crippen molar-refractivity contribution in [3.63, 3.8) is 0 Å². The zero-order chi connectivity index (χ0) is 17.6. The van der Waals surface area contributed by atoms with E-state index in [0.29, 0.717) is 13.1 Å². The lowest BCUT2D eigenvalue weighted by Gasteiger charge is -2.34. The number of hydrogen-bond donors (Lipinski definition) is 0. The van der Waals surface area contributed by atoms with Crippen molar-refractivity contribution < 1.29 is 22.7 Å². The molecule has 0 unspecified atom stereocenters. The number of unbranched alkanes of at least 4 members (excludes halogenated alkanes) is 1. The molecule has 1 radical (unpaired) electrons. The van der Waals surface area contributed by atoms with Crippen molar-refractivity contribution in [1.29, 1.82) is 0 Å². The molecule has 1 aliphatic heterocycles. The molecule has 133 valence electrons. The maximum absolute atomic E-state index is 12.9. The van der Waals surface area contributed by atoms with E-state index in [4.69, 9.17) is 4.74 Å². The van der Waals surface area contributed by atoms with Crippen molar-refractivity contribution in [2.75, 3.05) is 32.7 Å². The molecule has 1 aromatic carbocycles. The summed E-state index contributed by atoms with van der Waals surface area (Å²) in [5, 5.41) is 0. The number of alkyl halides is 3. The van der Waals surface area contributed by atoms with Gasteiger partial charge in [0.15, 0.2) is 0 Å². The zero-order valence-corrected chi connectivity index (χ0v) is 13.5. The summed E-state index contributed by atoms with van der Waals surface area (Å²) in [6.45, 7) is 6.91. The van der Waals surface area contributed by atoms with Crippen LogP contribution in [0.3, 0.4) is 0 Å². The van der Waals surface area contributed by atoms with E-state index in [0.717, 1.165) is 38.5 Å². The number of carbonyl (C=O) groups excluding carboxylic acids is 1. The van der Waals surface area contributed by atoms with Crippen LogP contribution in [0.15, 0.2) is 24.3 Å². The molecule has 1 aromatic rings. The summed E-state index contributed by atoms with van der Waals surface area (Å²) in [5.41, 5.74) is -0.803. The van der Waals surface area contributed by atoms with Gasteiger partial charge in [-0.1, -0.05) is 31.5 Å². The van der Waals surface area contributed by atoms with Gasteiger partial charge >= 0.3 is 12.3 Å². The fourth-order valence-electron chi connectivity index (χ4n) is 2.64. The molecule has 1 saturated heterocycles. The number of amides is 1. The molecule has 1 aliphatic rings. The molecule has 0 saturated carbocycles. The normalized spacial score (nSPS) is 16.2. The van der Waals surface area contributed by atoms with Crippen molar-refractivity contribution >= 4 is 6.09 Å². The summed E-state index contributed by atoms with van der Waals surface area (Å²) < 4.78 is 43.8. The first-order chi connectivity index (χ1) is 11.4. The van der Waals surface area contributed by atoms with Crippen molar-refractivity contribution in [3.05, 3.63) is 42.3 Å². The SMILES string of the molecule is [CH2]CCCN1CCN(C(=O)OCc2ccccc2C(F)(F)F)CC1. The third kappa shape index (κ3) is 5.12. The van der Waals surface area contributed by atoms with Gasteiger partial charge in [0.2, 0.25) is 0 Å². The van der Waals surface area contributed by atoms with E-state index in [-0.39, 0.29) is 12.2 Å². The van der Waals surface area contributed by atoms with Gasteiger partial charge in [-0.15, -0.1) is 0 Å². The molecule has 4 nitrogen and oxygen atoms in total. The summed E-state index contributed by atoms with van der Waals surface area (Å²) in [6, 6.07) is 5.14. The van der Waals surface area contributed by atoms with Gasteiger partial charge in [-0.25, -0.2) is 4.79 Å². The molecule has 0 aromatic heterocycles. The Bertz CT molecular complexity index is 541. The minimum absolute atomic E-state index is 0.0348. The Balaban J connectivity index is 1.84. The monoisotopic (exact) mass is 343 g/mol. The average molecular weight is 343 g/mol. The second-order valence-corrected chi connectivity index (χ2v) is 5.75. The minimum Gasteiger partial charge on any atom is -0.445 e. The van der Waals surface area contributed by atoms with Crippen LogP contribution in [-0.2, 0) is 17.5 Å². The van der Waals surface area contributed by atoms with Gasteiger partial charge < -0.3 is 9.64 Å². The van der Waals surface area contributed by atoms with E-state index in [1.165, 1.54) is 23.1 Å². The molecule has 0 aliphatic carbocycles. The van der Waals surface area contributed by atoms with Crippen LogP contribution in [0.4, 0.5) is 18.0 Å². The Morgan fingerprint density at radius 2 is 1.83 bits per heavy atom. The first kappa shape index (κ1) is 18.6. The van der Waals surface area contributed by atoms with Gasteiger partial charge in [0.1, 0.15) is 6.61 Å². The molecule has 1 amide bonds. The van der Waals surface area contributed by atoms with Gasteiger partial charge in [-0.3, -0.25) is 4.90 Å². The molecule has 1 heterocycles. The maximum Gasteiger partial charge on any atom is 0.416 e. The Morgan fingerprint density at radius 1 is 1.17 bits per heavy atom. The molecule has 0 N–H and O–H groups in total. The number of halogens is 3. The summed E-state index contributed by atoms with van der Waals surface area (Å²) in [5.74, 6) is 0. The van der Waals surface area contributed by atoms with Crippen LogP contribution in [0, 0.1) is 6.92 Å². The molecule has 7 heteroatoms. The Hall–Kier alpha value is -1.76. The van der Waals surface area contributed by atoms with Crippen LogP contribution in [0.25, 0.3) is 0 Å². The molecule has 24 heavy (non-hydrogen) atoms. The van der Waals surface area contributed by atoms with E-state index in [9.17, 15) is 18.0 Å². The topological polar surface area (TPSA) is 32.8 Å². The lowest BCUT2D eigenvalue weighted by atomic mass is 10.1. The third-order valence-electron chi connectivity index (χ3n) is 4.03. The van der Waals surface area contributed by atoms with Gasteiger partial charge in [-0.2, -0.15) is 13.2 Å². The predicted molar refractivity (Wildman–Crippen MR) is 84.2 cm³/mol. The van der Waals surface area contributed by atoms with Gasteiger partial charge in [-0.05, 0) is 19.0 Å². The number of nitrogens with zero attached hydrogens (tertiary/aromatic N) is 2. The molecule has 0 spiro atoms. The van der Waals surface area contributed by atoms with E-state index in [1.54, 1.807) is 0 Å². The van der Waals surface area contributed by atoms with Crippen LogP contribution in [0.1, 0.15) is 24.0 Å². The highest BCUT2D eigenvalue weighted by Gasteiger charge is 2.33. The fraction of sp³-hybridized carbons (Fsp3) is 0.529. The highest BCUT2D eigenvalue weighted by Crippen LogP contribution is 2.32. The molecule has 1 fully saturated rings. The molecule has 0 atom stereocenters. The second kappa shape index (κ2) is 8.37. The van der Waals surface area contributed by atoms with Crippen molar-refractivity contribution in [2.24, 2.45) is 0 Å². The molecular formula is C17H22F3N2O2. The standard InChI is InChI=1S/C17H22F3N2O2/c1-2-3-8-21-9-11-22(12-10-21)16(23)24-13-14-6-4-5-7-15(14)17(18,19)20/h4-7H,1-3,8-13H2. The van der Waals surface area contributed by atoms with E-state index in [1.807, 2.05) is 0 Å².